The summed E-state index contributed by atoms with van der Waals surface area (Å²) in [4.78, 5) is 22.8. The van der Waals surface area contributed by atoms with E-state index in [4.69, 9.17) is 21.1 Å². The average Bonchev–Trinajstić information content (AvgIpc) is 2.44. The summed E-state index contributed by atoms with van der Waals surface area (Å²) in [5.74, 6) is -0.985. The number of rotatable bonds is 7. The van der Waals surface area contributed by atoms with Gasteiger partial charge in [-0.05, 0) is 18.6 Å². The maximum absolute atomic E-state index is 11.5. The van der Waals surface area contributed by atoms with Crippen LogP contribution in [-0.2, 0) is 14.3 Å². The molecular weight excluding hydrogens is 280 g/mol. The van der Waals surface area contributed by atoms with Crippen molar-refractivity contribution < 1.29 is 19.1 Å². The van der Waals surface area contributed by atoms with Crippen molar-refractivity contribution in [1.82, 2.24) is 0 Å². The molecule has 0 aliphatic carbocycles. The minimum atomic E-state index is -0.677. The number of hydrogen-bond donors (Lipinski definition) is 0. The summed E-state index contributed by atoms with van der Waals surface area (Å²) in [5.41, 5.74) is 0. The van der Waals surface area contributed by atoms with E-state index >= 15 is 0 Å². The highest BCUT2D eigenvalue weighted by Gasteiger charge is 2.05. The molecule has 0 bridgehead atoms. The number of carbonyl (C=O) groups excluding carboxylic acids is 2. The Morgan fingerprint density at radius 3 is 2.55 bits per heavy atom. The van der Waals surface area contributed by atoms with Gasteiger partial charge < -0.3 is 9.47 Å². The molecule has 0 aromatic heterocycles. The van der Waals surface area contributed by atoms with E-state index in [1.165, 1.54) is 0 Å². The zero-order valence-corrected chi connectivity index (χ0v) is 12.1. The summed E-state index contributed by atoms with van der Waals surface area (Å²) in [5, 5.41) is 0.330. The largest absolute Gasteiger partial charge is 0.463 e. The van der Waals surface area contributed by atoms with E-state index in [-0.39, 0.29) is 5.75 Å². The molecule has 1 rings (SSSR count). The highest BCUT2D eigenvalue weighted by atomic mass is 35.5. The smallest absolute Gasteiger partial charge is 0.336 e. The van der Waals surface area contributed by atoms with Crippen LogP contribution in [0.4, 0.5) is 0 Å². The second kappa shape index (κ2) is 9.15. The fourth-order valence-corrected chi connectivity index (χ4v) is 1.55. The lowest BCUT2D eigenvalue weighted by Gasteiger charge is -2.03. The quantitative estimate of drug-likeness (QED) is 0.334. The van der Waals surface area contributed by atoms with Crippen molar-refractivity contribution in [2.45, 2.75) is 26.2 Å². The van der Waals surface area contributed by atoms with E-state index < -0.39 is 11.9 Å². The molecular formula is C15H17ClO4. The van der Waals surface area contributed by atoms with Gasteiger partial charge in [0.25, 0.3) is 0 Å². The molecule has 0 saturated carbocycles. The van der Waals surface area contributed by atoms with Crippen molar-refractivity contribution in [2.24, 2.45) is 0 Å². The van der Waals surface area contributed by atoms with Gasteiger partial charge in [0, 0.05) is 12.2 Å². The van der Waals surface area contributed by atoms with Crippen LogP contribution in [0, 0.1) is 0 Å². The standard InChI is InChI=1S/C15H17ClO4/c1-2-3-6-11-19-14(17)9-10-15(18)20-13-8-5-4-7-12(13)16/h4-5,7-10H,2-3,6,11H2,1H3/b10-9+. The van der Waals surface area contributed by atoms with E-state index in [2.05, 4.69) is 6.92 Å². The van der Waals surface area contributed by atoms with E-state index in [9.17, 15) is 9.59 Å². The molecule has 5 heteroatoms. The normalized spacial score (nSPS) is 10.5. The zero-order chi connectivity index (χ0) is 14.8. The van der Waals surface area contributed by atoms with Gasteiger partial charge in [0.2, 0.25) is 0 Å². The van der Waals surface area contributed by atoms with Crippen molar-refractivity contribution in [3.63, 3.8) is 0 Å². The van der Waals surface area contributed by atoms with Crippen LogP contribution in [0.25, 0.3) is 0 Å². The third-order valence-electron chi connectivity index (χ3n) is 2.39. The maximum atomic E-state index is 11.5. The van der Waals surface area contributed by atoms with Gasteiger partial charge >= 0.3 is 11.9 Å². The van der Waals surface area contributed by atoms with Crippen LogP contribution in [-0.4, -0.2) is 18.5 Å². The van der Waals surface area contributed by atoms with Crippen molar-refractivity contribution in [3.8, 4) is 5.75 Å². The fourth-order valence-electron chi connectivity index (χ4n) is 1.38. The fraction of sp³-hybridized carbons (Fsp3) is 0.333. The van der Waals surface area contributed by atoms with Gasteiger partial charge in [-0.1, -0.05) is 43.5 Å². The number of carbonyl (C=O) groups is 2. The van der Waals surface area contributed by atoms with Crippen LogP contribution >= 0.6 is 11.6 Å². The molecule has 1 aromatic rings. The predicted octanol–water partition coefficient (Wildman–Crippen LogP) is 3.54. The highest BCUT2D eigenvalue weighted by Crippen LogP contribution is 2.23. The lowest BCUT2D eigenvalue weighted by atomic mass is 10.3. The van der Waals surface area contributed by atoms with Gasteiger partial charge in [-0.3, -0.25) is 0 Å². The summed E-state index contributed by atoms with van der Waals surface area (Å²) in [7, 11) is 0. The Hall–Kier alpha value is -1.81. The number of esters is 2. The Kier molecular flexibility index (Phi) is 7.43. The second-order valence-electron chi connectivity index (χ2n) is 4.06. The van der Waals surface area contributed by atoms with Crippen LogP contribution in [0.5, 0.6) is 5.75 Å². The Labute approximate surface area is 123 Å². The Morgan fingerprint density at radius 2 is 1.85 bits per heavy atom. The van der Waals surface area contributed by atoms with E-state index in [0.717, 1.165) is 31.4 Å². The molecule has 0 spiro atoms. The average molecular weight is 297 g/mol. The molecule has 0 unspecified atom stereocenters. The van der Waals surface area contributed by atoms with Gasteiger partial charge in [0.15, 0.2) is 0 Å². The first kappa shape index (κ1) is 16.2. The highest BCUT2D eigenvalue weighted by molar-refractivity contribution is 6.32. The molecule has 0 atom stereocenters. The summed E-state index contributed by atoms with van der Waals surface area (Å²) < 4.78 is 9.88. The van der Waals surface area contributed by atoms with Crippen molar-refractivity contribution in [3.05, 3.63) is 41.4 Å². The summed E-state index contributed by atoms with van der Waals surface area (Å²) in [6, 6.07) is 6.59. The predicted molar refractivity (Wildman–Crippen MR) is 76.7 cm³/mol. The monoisotopic (exact) mass is 296 g/mol. The third kappa shape index (κ3) is 6.38. The van der Waals surface area contributed by atoms with Crippen molar-refractivity contribution in [1.29, 1.82) is 0 Å². The van der Waals surface area contributed by atoms with Gasteiger partial charge in [0.1, 0.15) is 5.75 Å². The third-order valence-corrected chi connectivity index (χ3v) is 2.71. The van der Waals surface area contributed by atoms with Crippen LogP contribution in [0.2, 0.25) is 5.02 Å². The van der Waals surface area contributed by atoms with E-state index in [1.54, 1.807) is 24.3 Å². The number of para-hydroxylation sites is 1. The molecule has 0 aliphatic rings. The molecule has 20 heavy (non-hydrogen) atoms. The topological polar surface area (TPSA) is 52.6 Å². The minimum Gasteiger partial charge on any atom is -0.463 e. The Balaban J connectivity index is 2.36. The van der Waals surface area contributed by atoms with E-state index in [0.29, 0.717) is 11.6 Å². The molecule has 0 saturated heterocycles. The van der Waals surface area contributed by atoms with Crippen LogP contribution < -0.4 is 4.74 Å². The number of ether oxygens (including phenoxy) is 2. The Morgan fingerprint density at radius 1 is 1.15 bits per heavy atom. The number of benzene rings is 1. The molecule has 4 nitrogen and oxygen atoms in total. The van der Waals surface area contributed by atoms with Crippen LogP contribution in [0.3, 0.4) is 0 Å². The summed E-state index contributed by atoms with van der Waals surface area (Å²) in [6.45, 7) is 2.42. The van der Waals surface area contributed by atoms with Crippen LogP contribution in [0.1, 0.15) is 26.2 Å². The molecule has 1 aromatic carbocycles. The van der Waals surface area contributed by atoms with Gasteiger partial charge in [0.05, 0.1) is 11.6 Å². The first-order valence-electron chi connectivity index (χ1n) is 6.44. The molecule has 0 radical (unpaired) electrons. The molecule has 0 heterocycles. The summed E-state index contributed by atoms with van der Waals surface area (Å²) >= 11 is 5.84. The van der Waals surface area contributed by atoms with Gasteiger partial charge in [-0.15, -0.1) is 0 Å². The first-order chi connectivity index (χ1) is 9.63. The van der Waals surface area contributed by atoms with E-state index in [1.807, 2.05) is 0 Å². The molecule has 0 fully saturated rings. The molecule has 0 amide bonds. The maximum Gasteiger partial charge on any atom is 0.336 e. The summed E-state index contributed by atoms with van der Waals surface area (Å²) in [6.07, 6.45) is 4.94. The molecule has 0 N–H and O–H groups in total. The van der Waals surface area contributed by atoms with Crippen molar-refractivity contribution in [2.75, 3.05) is 6.61 Å². The minimum absolute atomic E-state index is 0.250. The lowest BCUT2D eigenvalue weighted by Crippen LogP contribution is -2.07. The van der Waals surface area contributed by atoms with Gasteiger partial charge in [-0.25, -0.2) is 9.59 Å². The number of halogens is 1. The zero-order valence-electron chi connectivity index (χ0n) is 11.3. The van der Waals surface area contributed by atoms with Crippen LogP contribution in [0.15, 0.2) is 36.4 Å². The first-order valence-corrected chi connectivity index (χ1v) is 6.82. The van der Waals surface area contributed by atoms with Crippen molar-refractivity contribution >= 4 is 23.5 Å². The lowest BCUT2D eigenvalue weighted by molar-refractivity contribution is -0.138. The Bertz CT molecular complexity index is 483. The van der Waals surface area contributed by atoms with Gasteiger partial charge in [-0.2, -0.15) is 0 Å². The number of hydrogen-bond acceptors (Lipinski definition) is 4. The molecule has 0 aliphatic heterocycles. The number of unbranched alkanes of at least 4 members (excludes halogenated alkanes) is 2. The SMILES string of the molecule is CCCCCOC(=O)/C=C/C(=O)Oc1ccccc1Cl. The molecule has 108 valence electrons. The second-order valence-corrected chi connectivity index (χ2v) is 4.47.